The highest BCUT2D eigenvalue weighted by Crippen LogP contribution is 2.34. The number of hydrogen-bond acceptors (Lipinski definition) is 6. The van der Waals surface area contributed by atoms with Crippen molar-refractivity contribution in [1.82, 2.24) is 0 Å². The summed E-state index contributed by atoms with van der Waals surface area (Å²) in [5, 5.41) is 9.76. The second-order valence-corrected chi connectivity index (χ2v) is 3.74. The van der Waals surface area contributed by atoms with Crippen LogP contribution < -0.4 is 9.47 Å². The van der Waals surface area contributed by atoms with Crippen molar-refractivity contribution in [2.24, 2.45) is 0 Å². The van der Waals surface area contributed by atoms with E-state index in [0.29, 0.717) is 11.5 Å². The lowest BCUT2D eigenvalue weighted by Gasteiger charge is -2.11. The zero-order valence-electron chi connectivity index (χ0n) is 11.1. The van der Waals surface area contributed by atoms with Gasteiger partial charge >= 0.3 is 5.97 Å². The number of methoxy groups -OCH3 is 2. The second kappa shape index (κ2) is 6.63. The van der Waals surface area contributed by atoms with Gasteiger partial charge in [0.05, 0.1) is 26.4 Å². The molecule has 0 heterocycles. The third kappa shape index (κ3) is 3.87. The average molecular weight is 268 g/mol. The van der Waals surface area contributed by atoms with Crippen LogP contribution in [-0.4, -0.2) is 37.7 Å². The minimum absolute atomic E-state index is 0.0113. The zero-order valence-corrected chi connectivity index (χ0v) is 11.1. The Balaban J connectivity index is 2.87. The van der Waals surface area contributed by atoms with Gasteiger partial charge in [0.25, 0.3) is 0 Å². The fourth-order valence-electron chi connectivity index (χ4n) is 1.51. The van der Waals surface area contributed by atoms with Crippen molar-refractivity contribution in [2.45, 2.75) is 13.3 Å². The van der Waals surface area contributed by atoms with E-state index in [2.05, 4.69) is 4.74 Å². The lowest BCUT2D eigenvalue weighted by atomic mass is 10.1. The number of Topliss-reactive ketones (excluding diaryl/α,β-unsaturated/α-hetero) is 1. The van der Waals surface area contributed by atoms with E-state index >= 15 is 0 Å². The number of phenols is 1. The van der Waals surface area contributed by atoms with Crippen LogP contribution in [0.25, 0.3) is 0 Å². The molecule has 1 aromatic carbocycles. The quantitative estimate of drug-likeness (QED) is 0.622. The Kier molecular flexibility index (Phi) is 5.17. The summed E-state index contributed by atoms with van der Waals surface area (Å²) in [4.78, 5) is 22.5. The lowest BCUT2D eigenvalue weighted by molar-refractivity contribution is -0.140. The summed E-state index contributed by atoms with van der Waals surface area (Å²) in [5.74, 6) is -0.331. The molecule has 0 bridgehead atoms. The summed E-state index contributed by atoms with van der Waals surface area (Å²) < 4.78 is 14.7. The summed E-state index contributed by atoms with van der Waals surface area (Å²) in [6.07, 6.45) is -0.0113. The molecule has 1 rings (SSSR count). The Morgan fingerprint density at radius 3 is 2.26 bits per heavy atom. The maximum Gasteiger partial charge on any atom is 0.302 e. The molecule has 1 N–H and O–H groups in total. The number of esters is 1. The monoisotopic (exact) mass is 268 g/mol. The SMILES string of the molecule is COc1cc(O)c(C(=O)CCOC(C)=O)cc1OC. The number of hydrogen-bond donors (Lipinski definition) is 1. The molecule has 0 aliphatic heterocycles. The fourth-order valence-corrected chi connectivity index (χ4v) is 1.51. The molecule has 0 radical (unpaired) electrons. The van der Waals surface area contributed by atoms with Crippen LogP contribution in [0.15, 0.2) is 12.1 Å². The van der Waals surface area contributed by atoms with E-state index < -0.39 is 5.97 Å². The van der Waals surface area contributed by atoms with E-state index in [4.69, 9.17) is 9.47 Å². The molecule has 104 valence electrons. The minimum Gasteiger partial charge on any atom is -0.507 e. The molecule has 0 unspecified atom stereocenters. The van der Waals surface area contributed by atoms with Gasteiger partial charge in [0.15, 0.2) is 17.3 Å². The van der Waals surface area contributed by atoms with Crippen LogP contribution in [-0.2, 0) is 9.53 Å². The van der Waals surface area contributed by atoms with E-state index in [1.807, 2.05) is 0 Å². The number of carbonyl (C=O) groups excluding carboxylic acids is 2. The highest BCUT2D eigenvalue weighted by atomic mass is 16.5. The molecule has 0 aliphatic rings. The molecular weight excluding hydrogens is 252 g/mol. The summed E-state index contributed by atoms with van der Waals surface area (Å²) >= 11 is 0. The number of phenolic OH excluding ortho intramolecular Hbond substituents is 1. The fraction of sp³-hybridized carbons (Fsp3) is 0.385. The van der Waals surface area contributed by atoms with E-state index in [1.54, 1.807) is 0 Å². The highest BCUT2D eigenvalue weighted by Gasteiger charge is 2.16. The van der Waals surface area contributed by atoms with Gasteiger partial charge in [-0.2, -0.15) is 0 Å². The van der Waals surface area contributed by atoms with Gasteiger partial charge in [0.2, 0.25) is 0 Å². The van der Waals surface area contributed by atoms with Crippen molar-refractivity contribution >= 4 is 11.8 Å². The Morgan fingerprint density at radius 2 is 1.74 bits per heavy atom. The Labute approximate surface area is 110 Å². The van der Waals surface area contributed by atoms with Crippen molar-refractivity contribution in [1.29, 1.82) is 0 Å². The summed E-state index contributed by atoms with van der Waals surface area (Å²) in [6, 6.07) is 2.70. The van der Waals surface area contributed by atoms with Crippen LogP contribution in [0.3, 0.4) is 0 Å². The first-order valence-electron chi connectivity index (χ1n) is 5.61. The summed E-state index contributed by atoms with van der Waals surface area (Å²) in [6.45, 7) is 1.24. The smallest absolute Gasteiger partial charge is 0.302 e. The zero-order chi connectivity index (χ0) is 14.4. The standard InChI is InChI=1S/C13H16O6/c1-8(14)19-5-4-10(15)9-6-12(17-2)13(18-3)7-11(9)16/h6-7,16H,4-5H2,1-3H3. The van der Waals surface area contributed by atoms with Crippen LogP contribution >= 0.6 is 0 Å². The highest BCUT2D eigenvalue weighted by molar-refractivity contribution is 5.99. The first kappa shape index (κ1) is 14.8. The number of carbonyl (C=O) groups is 2. The van der Waals surface area contributed by atoms with E-state index in [-0.39, 0.29) is 30.1 Å². The molecular formula is C13H16O6. The van der Waals surface area contributed by atoms with Crippen LogP contribution in [0.5, 0.6) is 17.2 Å². The predicted octanol–water partition coefficient (Wildman–Crippen LogP) is 1.55. The number of ether oxygens (including phenoxy) is 3. The van der Waals surface area contributed by atoms with Crippen LogP contribution in [0.1, 0.15) is 23.7 Å². The Bertz CT molecular complexity index is 480. The molecule has 6 heteroatoms. The van der Waals surface area contributed by atoms with Gasteiger partial charge < -0.3 is 19.3 Å². The van der Waals surface area contributed by atoms with E-state index in [9.17, 15) is 14.7 Å². The molecule has 19 heavy (non-hydrogen) atoms. The van der Waals surface area contributed by atoms with Crippen molar-refractivity contribution < 1.29 is 28.9 Å². The van der Waals surface area contributed by atoms with Gasteiger partial charge in [-0.3, -0.25) is 9.59 Å². The summed E-state index contributed by atoms with van der Waals surface area (Å²) in [5.41, 5.74) is 0.102. The van der Waals surface area contributed by atoms with Crippen molar-refractivity contribution in [3.63, 3.8) is 0 Å². The Morgan fingerprint density at radius 1 is 1.16 bits per heavy atom. The molecule has 6 nitrogen and oxygen atoms in total. The molecule has 0 amide bonds. The van der Waals surface area contributed by atoms with Gasteiger partial charge in [-0.1, -0.05) is 0 Å². The van der Waals surface area contributed by atoms with Gasteiger partial charge in [-0.15, -0.1) is 0 Å². The molecule has 1 aromatic rings. The largest absolute Gasteiger partial charge is 0.507 e. The van der Waals surface area contributed by atoms with Crippen LogP contribution in [0.2, 0.25) is 0 Å². The normalized spacial score (nSPS) is 9.84. The maximum absolute atomic E-state index is 11.9. The van der Waals surface area contributed by atoms with Crippen molar-refractivity contribution in [3.05, 3.63) is 17.7 Å². The van der Waals surface area contributed by atoms with Gasteiger partial charge in [0, 0.05) is 19.4 Å². The third-order valence-electron chi connectivity index (χ3n) is 2.44. The van der Waals surface area contributed by atoms with Gasteiger partial charge in [0.1, 0.15) is 5.75 Å². The molecule has 0 spiro atoms. The topological polar surface area (TPSA) is 82.1 Å². The van der Waals surface area contributed by atoms with E-state index in [1.165, 1.54) is 33.3 Å². The lowest BCUT2D eigenvalue weighted by Crippen LogP contribution is -2.08. The van der Waals surface area contributed by atoms with Gasteiger partial charge in [-0.25, -0.2) is 0 Å². The van der Waals surface area contributed by atoms with E-state index in [0.717, 1.165) is 0 Å². The average Bonchev–Trinajstić information content (AvgIpc) is 2.37. The third-order valence-corrected chi connectivity index (χ3v) is 2.44. The van der Waals surface area contributed by atoms with Crippen molar-refractivity contribution in [2.75, 3.05) is 20.8 Å². The van der Waals surface area contributed by atoms with Crippen molar-refractivity contribution in [3.8, 4) is 17.2 Å². The maximum atomic E-state index is 11.9. The first-order valence-corrected chi connectivity index (χ1v) is 5.61. The van der Waals surface area contributed by atoms with Crippen LogP contribution in [0.4, 0.5) is 0 Å². The Hall–Kier alpha value is -2.24. The van der Waals surface area contributed by atoms with Gasteiger partial charge in [-0.05, 0) is 6.07 Å². The predicted molar refractivity (Wildman–Crippen MR) is 66.8 cm³/mol. The molecule has 0 saturated carbocycles. The number of benzene rings is 1. The molecule has 0 atom stereocenters. The second-order valence-electron chi connectivity index (χ2n) is 3.74. The summed E-state index contributed by atoms with van der Waals surface area (Å²) in [7, 11) is 2.86. The number of rotatable bonds is 6. The molecule has 0 fully saturated rings. The van der Waals surface area contributed by atoms with Crippen LogP contribution in [0, 0.1) is 0 Å². The molecule has 0 aliphatic carbocycles. The molecule has 0 aromatic heterocycles. The molecule has 0 saturated heterocycles. The number of ketones is 1. The minimum atomic E-state index is -0.454. The first-order chi connectivity index (χ1) is 8.99. The number of aromatic hydroxyl groups is 1.